The van der Waals surface area contributed by atoms with Crippen LogP contribution in [-0.2, 0) is 4.74 Å². The Morgan fingerprint density at radius 1 is 1.03 bits per heavy atom. The molecule has 2 saturated heterocycles. The van der Waals surface area contributed by atoms with E-state index in [0.717, 1.165) is 31.4 Å². The minimum absolute atomic E-state index is 0.0158. The maximum atomic E-state index is 12.7. The molecule has 0 N–H and O–H groups in total. The van der Waals surface area contributed by atoms with Gasteiger partial charge in [-0.3, -0.25) is 0 Å². The van der Waals surface area contributed by atoms with Crippen molar-refractivity contribution < 1.29 is 19.0 Å². The van der Waals surface area contributed by atoms with Crippen LogP contribution >= 0.6 is 0 Å². The smallest absolute Gasteiger partial charge is 0.410 e. The molecule has 10 nitrogen and oxygen atoms in total. The summed E-state index contributed by atoms with van der Waals surface area (Å²) in [5, 5.41) is 12.8. The van der Waals surface area contributed by atoms with E-state index in [1.54, 1.807) is 24.1 Å². The number of carbonyl (C=O) groups excluding carboxylic acids is 1. The number of methoxy groups -OCH3 is 1. The van der Waals surface area contributed by atoms with Gasteiger partial charge in [0.15, 0.2) is 0 Å². The third-order valence-electron chi connectivity index (χ3n) is 6.27. The fraction of sp³-hybridized carbons (Fsp3) is 0.480. The van der Waals surface area contributed by atoms with Crippen LogP contribution in [0, 0.1) is 0 Å². The van der Waals surface area contributed by atoms with Gasteiger partial charge in [-0.2, -0.15) is 5.10 Å². The average molecular weight is 479 g/mol. The van der Waals surface area contributed by atoms with Crippen LogP contribution in [0.15, 0.2) is 42.7 Å². The van der Waals surface area contributed by atoms with Crippen molar-refractivity contribution in [2.24, 2.45) is 0 Å². The number of carbonyl (C=O) groups is 1. The standard InChI is InChI=1S/C25H30N6O4/c1-25(2,3)35-24(32)31-16-6-7-17(31)15-18(14-16)34-22-11-9-20(28-29-22)19-8-10-21(23(27-19)33-4)30-13-5-12-26-30/h5,8-13,16-18H,6-7,14-15H2,1-4H3. The number of pyridine rings is 1. The van der Waals surface area contributed by atoms with Crippen LogP contribution in [0.4, 0.5) is 4.79 Å². The Labute approximate surface area is 204 Å². The van der Waals surface area contributed by atoms with Crippen molar-refractivity contribution in [2.75, 3.05) is 7.11 Å². The summed E-state index contributed by atoms with van der Waals surface area (Å²) < 4.78 is 18.9. The summed E-state index contributed by atoms with van der Waals surface area (Å²) in [6.45, 7) is 5.68. The van der Waals surface area contributed by atoms with E-state index in [0.29, 0.717) is 23.1 Å². The van der Waals surface area contributed by atoms with Gasteiger partial charge in [0.25, 0.3) is 0 Å². The van der Waals surface area contributed by atoms with Crippen LogP contribution in [0.2, 0.25) is 0 Å². The zero-order valence-electron chi connectivity index (χ0n) is 20.4. The van der Waals surface area contributed by atoms with Gasteiger partial charge < -0.3 is 19.1 Å². The van der Waals surface area contributed by atoms with Crippen LogP contribution in [-0.4, -0.2) is 66.9 Å². The first-order valence-electron chi connectivity index (χ1n) is 11.9. The van der Waals surface area contributed by atoms with Gasteiger partial charge >= 0.3 is 6.09 Å². The molecule has 2 aliphatic rings. The third kappa shape index (κ3) is 4.91. The van der Waals surface area contributed by atoms with E-state index in [2.05, 4.69) is 20.3 Å². The highest BCUT2D eigenvalue weighted by molar-refractivity contribution is 5.69. The van der Waals surface area contributed by atoms with Gasteiger partial charge in [0, 0.05) is 43.4 Å². The van der Waals surface area contributed by atoms with Crippen molar-refractivity contribution in [3.63, 3.8) is 0 Å². The van der Waals surface area contributed by atoms with E-state index < -0.39 is 5.60 Å². The number of piperidine rings is 1. The van der Waals surface area contributed by atoms with Crippen molar-refractivity contribution >= 4 is 6.09 Å². The Hall–Kier alpha value is -3.69. The highest BCUT2D eigenvalue weighted by atomic mass is 16.6. The Kier molecular flexibility index (Phi) is 6.04. The SMILES string of the molecule is COc1nc(-c2ccc(OC3CC4CCC(C3)N4C(=O)OC(C)(C)C)nn2)ccc1-n1cccn1. The first kappa shape index (κ1) is 23.1. The minimum Gasteiger partial charge on any atom is -0.479 e. The van der Waals surface area contributed by atoms with Gasteiger partial charge in [0.05, 0.1) is 12.8 Å². The van der Waals surface area contributed by atoms with Gasteiger partial charge in [-0.05, 0) is 57.9 Å². The van der Waals surface area contributed by atoms with E-state index in [9.17, 15) is 4.79 Å². The van der Waals surface area contributed by atoms with Crippen LogP contribution in [0.3, 0.4) is 0 Å². The number of rotatable bonds is 5. The predicted molar refractivity (Wildman–Crippen MR) is 127 cm³/mol. The Morgan fingerprint density at radius 3 is 2.37 bits per heavy atom. The molecule has 5 rings (SSSR count). The van der Waals surface area contributed by atoms with E-state index in [1.165, 1.54) is 0 Å². The van der Waals surface area contributed by atoms with E-state index in [-0.39, 0.29) is 24.3 Å². The normalized spacial score (nSPS) is 21.6. The molecular weight excluding hydrogens is 448 g/mol. The summed E-state index contributed by atoms with van der Waals surface area (Å²) in [6, 6.07) is 9.48. The molecular formula is C25H30N6O4. The lowest BCUT2D eigenvalue weighted by atomic mass is 10.0. The van der Waals surface area contributed by atoms with Crippen molar-refractivity contribution in [3.05, 3.63) is 42.7 Å². The van der Waals surface area contributed by atoms with Crippen molar-refractivity contribution in [3.8, 4) is 28.8 Å². The molecule has 0 aromatic carbocycles. The molecule has 2 atom stereocenters. The molecule has 184 valence electrons. The second-order valence-electron chi connectivity index (χ2n) is 9.92. The molecule has 0 saturated carbocycles. The molecule has 2 bridgehead atoms. The average Bonchev–Trinajstić information content (AvgIpc) is 3.45. The lowest BCUT2D eigenvalue weighted by Crippen LogP contribution is -2.50. The first-order valence-corrected chi connectivity index (χ1v) is 11.9. The molecule has 0 spiro atoms. The predicted octanol–water partition coefficient (Wildman–Crippen LogP) is 4.04. The second kappa shape index (κ2) is 9.16. The summed E-state index contributed by atoms with van der Waals surface area (Å²) in [5.74, 6) is 0.907. The van der Waals surface area contributed by atoms with Crippen molar-refractivity contribution in [1.29, 1.82) is 0 Å². The lowest BCUT2D eigenvalue weighted by molar-refractivity contribution is -0.00770. The van der Waals surface area contributed by atoms with Gasteiger partial charge in [-0.15, -0.1) is 10.2 Å². The van der Waals surface area contributed by atoms with Crippen LogP contribution in [0.1, 0.15) is 46.5 Å². The molecule has 3 aromatic rings. The second-order valence-corrected chi connectivity index (χ2v) is 9.92. The van der Waals surface area contributed by atoms with Crippen LogP contribution in [0.5, 0.6) is 11.8 Å². The van der Waals surface area contributed by atoms with Crippen LogP contribution < -0.4 is 9.47 Å². The number of fused-ring (bicyclic) bond motifs is 2. The van der Waals surface area contributed by atoms with Crippen molar-refractivity contribution in [2.45, 2.75) is 70.2 Å². The zero-order valence-corrected chi connectivity index (χ0v) is 20.4. The molecule has 0 radical (unpaired) electrons. The Morgan fingerprint density at radius 2 is 1.77 bits per heavy atom. The van der Waals surface area contributed by atoms with Crippen molar-refractivity contribution in [1.82, 2.24) is 29.9 Å². The van der Waals surface area contributed by atoms with Gasteiger partial charge in [-0.25, -0.2) is 14.5 Å². The van der Waals surface area contributed by atoms with Crippen LogP contribution in [0.25, 0.3) is 17.1 Å². The summed E-state index contributed by atoms with van der Waals surface area (Å²) in [7, 11) is 1.57. The summed E-state index contributed by atoms with van der Waals surface area (Å²) in [4.78, 5) is 19.1. The Balaban J connectivity index is 1.24. The maximum Gasteiger partial charge on any atom is 0.410 e. The topological polar surface area (TPSA) is 104 Å². The molecule has 5 heterocycles. The quantitative estimate of drug-likeness (QED) is 0.541. The lowest BCUT2D eigenvalue weighted by Gasteiger charge is -2.39. The first-order chi connectivity index (χ1) is 16.8. The van der Waals surface area contributed by atoms with E-state index in [4.69, 9.17) is 14.2 Å². The third-order valence-corrected chi connectivity index (χ3v) is 6.27. The highest BCUT2D eigenvalue weighted by Crippen LogP contribution is 2.38. The fourth-order valence-electron chi connectivity index (χ4n) is 4.84. The number of nitrogens with zero attached hydrogens (tertiary/aromatic N) is 6. The molecule has 2 aliphatic heterocycles. The summed E-state index contributed by atoms with van der Waals surface area (Å²) in [6.07, 6.45) is 6.73. The molecule has 1 amide bonds. The molecule has 10 heteroatoms. The number of hydrogen-bond acceptors (Lipinski definition) is 8. The van der Waals surface area contributed by atoms with E-state index >= 15 is 0 Å². The highest BCUT2D eigenvalue weighted by Gasteiger charge is 2.45. The number of hydrogen-bond donors (Lipinski definition) is 0. The number of amides is 1. The number of ether oxygens (including phenoxy) is 3. The fourth-order valence-corrected chi connectivity index (χ4v) is 4.84. The summed E-state index contributed by atoms with van der Waals surface area (Å²) in [5.41, 5.74) is 1.49. The zero-order chi connectivity index (χ0) is 24.6. The summed E-state index contributed by atoms with van der Waals surface area (Å²) >= 11 is 0. The van der Waals surface area contributed by atoms with Gasteiger partial charge in [-0.1, -0.05) is 0 Å². The largest absolute Gasteiger partial charge is 0.479 e. The molecule has 0 aliphatic carbocycles. The van der Waals surface area contributed by atoms with E-state index in [1.807, 2.05) is 56.1 Å². The maximum absolute atomic E-state index is 12.7. The van der Waals surface area contributed by atoms with Gasteiger partial charge in [0.1, 0.15) is 23.1 Å². The molecule has 2 fully saturated rings. The molecule has 2 unspecified atom stereocenters. The monoisotopic (exact) mass is 478 g/mol. The Bertz CT molecular complexity index is 1160. The minimum atomic E-state index is -0.500. The molecule has 35 heavy (non-hydrogen) atoms. The number of aromatic nitrogens is 5. The van der Waals surface area contributed by atoms with Gasteiger partial charge in [0.2, 0.25) is 11.8 Å². The molecule has 3 aromatic heterocycles.